The number of hydrogen-bond donors (Lipinski definition) is 0. The standard InChI is InChI=1S/C22H28N4O4/c1-6-29-22(27)21-14-15(2)13-20(24-21)17(4)26-30-12-8-10-18-9-7-11-19(23-18)16(3)25-28-5/h7,9,11,13-14H,6,8,10,12H2,1-5H3/b25-16+,26-17+. The summed E-state index contributed by atoms with van der Waals surface area (Å²) >= 11 is 0. The van der Waals surface area contributed by atoms with Crippen LogP contribution in [0.1, 0.15) is 60.3 Å². The molecule has 0 amide bonds. The van der Waals surface area contributed by atoms with Crippen LogP contribution in [0.2, 0.25) is 0 Å². The second kappa shape index (κ2) is 11.6. The Bertz CT molecular complexity index is 925. The molecule has 0 aliphatic rings. The monoisotopic (exact) mass is 412 g/mol. The Labute approximate surface area is 177 Å². The van der Waals surface area contributed by atoms with Crippen molar-refractivity contribution in [2.24, 2.45) is 10.3 Å². The molecule has 8 nitrogen and oxygen atoms in total. The van der Waals surface area contributed by atoms with Crippen LogP contribution in [0.15, 0.2) is 40.6 Å². The molecular formula is C22H28N4O4. The average Bonchev–Trinajstić information content (AvgIpc) is 2.73. The summed E-state index contributed by atoms with van der Waals surface area (Å²) in [5, 5.41) is 8.03. The third kappa shape index (κ3) is 6.95. The lowest BCUT2D eigenvalue weighted by Gasteiger charge is -2.07. The number of ether oxygens (including phenoxy) is 1. The number of rotatable bonds is 10. The summed E-state index contributed by atoms with van der Waals surface area (Å²) in [4.78, 5) is 31.0. The van der Waals surface area contributed by atoms with E-state index in [2.05, 4.69) is 20.3 Å². The van der Waals surface area contributed by atoms with Crippen LogP contribution in [0, 0.1) is 6.92 Å². The van der Waals surface area contributed by atoms with Crippen molar-refractivity contribution in [3.05, 3.63) is 58.7 Å². The van der Waals surface area contributed by atoms with Crippen molar-refractivity contribution in [1.82, 2.24) is 9.97 Å². The number of aromatic nitrogens is 2. The molecule has 0 fully saturated rings. The first-order valence-corrected chi connectivity index (χ1v) is 9.81. The molecule has 2 rings (SSSR count). The molecule has 8 heteroatoms. The van der Waals surface area contributed by atoms with Crippen molar-refractivity contribution in [2.45, 2.75) is 40.5 Å². The van der Waals surface area contributed by atoms with Crippen LogP contribution < -0.4 is 0 Å². The zero-order valence-electron chi connectivity index (χ0n) is 18.1. The van der Waals surface area contributed by atoms with Gasteiger partial charge in [-0.3, -0.25) is 4.98 Å². The van der Waals surface area contributed by atoms with Crippen LogP contribution in [0.25, 0.3) is 0 Å². The lowest BCUT2D eigenvalue weighted by molar-refractivity contribution is 0.0519. The highest BCUT2D eigenvalue weighted by molar-refractivity contribution is 5.98. The average molecular weight is 412 g/mol. The van der Waals surface area contributed by atoms with Crippen molar-refractivity contribution >= 4 is 17.4 Å². The van der Waals surface area contributed by atoms with Crippen molar-refractivity contribution < 1.29 is 19.2 Å². The number of aryl methyl sites for hydroxylation is 2. The van der Waals surface area contributed by atoms with Crippen LogP contribution in [0.3, 0.4) is 0 Å². The maximum absolute atomic E-state index is 11.9. The number of hydrogen-bond acceptors (Lipinski definition) is 8. The van der Waals surface area contributed by atoms with Gasteiger partial charge in [0.2, 0.25) is 0 Å². The van der Waals surface area contributed by atoms with Crippen molar-refractivity contribution in [3.63, 3.8) is 0 Å². The molecule has 0 saturated heterocycles. The number of pyridine rings is 2. The van der Waals surface area contributed by atoms with Gasteiger partial charge in [-0.05, 0) is 70.4 Å². The largest absolute Gasteiger partial charge is 0.461 e. The lowest BCUT2D eigenvalue weighted by atomic mass is 10.1. The molecule has 2 aromatic heterocycles. The summed E-state index contributed by atoms with van der Waals surface area (Å²) in [6.07, 6.45) is 1.50. The van der Waals surface area contributed by atoms with E-state index in [0.29, 0.717) is 24.6 Å². The molecule has 2 heterocycles. The summed E-state index contributed by atoms with van der Waals surface area (Å²) in [5.74, 6) is -0.448. The molecule has 0 unspecified atom stereocenters. The normalized spacial score (nSPS) is 11.9. The number of nitrogens with zero attached hydrogens (tertiary/aromatic N) is 4. The Morgan fingerprint density at radius 2 is 1.77 bits per heavy atom. The fourth-order valence-corrected chi connectivity index (χ4v) is 2.67. The molecule has 0 bridgehead atoms. The number of carbonyl (C=O) groups is 1. The van der Waals surface area contributed by atoms with Crippen molar-refractivity contribution in [2.75, 3.05) is 20.3 Å². The third-order valence-electron chi connectivity index (χ3n) is 4.10. The van der Waals surface area contributed by atoms with Gasteiger partial charge in [0.25, 0.3) is 0 Å². The quantitative estimate of drug-likeness (QED) is 0.255. The van der Waals surface area contributed by atoms with E-state index < -0.39 is 5.97 Å². The lowest BCUT2D eigenvalue weighted by Crippen LogP contribution is -2.11. The molecule has 0 aliphatic carbocycles. The van der Waals surface area contributed by atoms with Crippen LogP contribution in [0.5, 0.6) is 0 Å². The van der Waals surface area contributed by atoms with Gasteiger partial charge in [-0.25, -0.2) is 9.78 Å². The fraction of sp³-hybridized carbons (Fsp3) is 0.409. The molecule has 0 atom stereocenters. The summed E-state index contributed by atoms with van der Waals surface area (Å²) in [6.45, 7) is 8.03. The molecule has 0 aromatic carbocycles. The SMILES string of the molecule is CCOC(=O)c1cc(C)cc(/C(C)=N/OCCCc2cccc(/C(C)=N/OC)n2)n1. The minimum absolute atomic E-state index is 0.264. The van der Waals surface area contributed by atoms with Gasteiger partial charge < -0.3 is 14.4 Å². The summed E-state index contributed by atoms with van der Waals surface area (Å²) in [5.41, 5.74) is 4.80. The maximum atomic E-state index is 11.9. The van der Waals surface area contributed by atoms with Gasteiger partial charge in [-0.15, -0.1) is 0 Å². The highest BCUT2D eigenvalue weighted by Crippen LogP contribution is 2.09. The minimum atomic E-state index is -0.448. The van der Waals surface area contributed by atoms with E-state index in [-0.39, 0.29) is 5.69 Å². The Morgan fingerprint density at radius 1 is 1.03 bits per heavy atom. The first-order chi connectivity index (χ1) is 14.4. The Hall–Kier alpha value is -3.29. The Balaban J connectivity index is 1.91. The Kier molecular flexibility index (Phi) is 8.93. The van der Waals surface area contributed by atoms with Gasteiger partial charge in [-0.2, -0.15) is 0 Å². The molecule has 0 spiro atoms. The summed E-state index contributed by atoms with van der Waals surface area (Å²) in [6, 6.07) is 9.34. The maximum Gasteiger partial charge on any atom is 0.356 e. The minimum Gasteiger partial charge on any atom is -0.461 e. The van der Waals surface area contributed by atoms with Crippen molar-refractivity contribution in [1.29, 1.82) is 0 Å². The van der Waals surface area contributed by atoms with Crippen LogP contribution in [-0.2, 0) is 20.8 Å². The van der Waals surface area contributed by atoms with Gasteiger partial charge in [-0.1, -0.05) is 16.4 Å². The third-order valence-corrected chi connectivity index (χ3v) is 4.10. The number of oxime groups is 2. The molecule has 0 aliphatic heterocycles. The fourth-order valence-electron chi connectivity index (χ4n) is 2.67. The molecular weight excluding hydrogens is 384 g/mol. The topological polar surface area (TPSA) is 95.3 Å². The smallest absolute Gasteiger partial charge is 0.356 e. The number of carbonyl (C=O) groups excluding carboxylic acids is 1. The van der Waals surface area contributed by atoms with Crippen LogP contribution >= 0.6 is 0 Å². The zero-order valence-corrected chi connectivity index (χ0v) is 18.1. The highest BCUT2D eigenvalue weighted by atomic mass is 16.6. The van der Waals surface area contributed by atoms with Crippen LogP contribution in [-0.4, -0.2) is 47.7 Å². The molecule has 2 aromatic rings. The van der Waals surface area contributed by atoms with Gasteiger partial charge in [0.1, 0.15) is 30.8 Å². The summed E-state index contributed by atoms with van der Waals surface area (Å²) < 4.78 is 5.02. The molecule has 0 N–H and O–H groups in total. The highest BCUT2D eigenvalue weighted by Gasteiger charge is 2.12. The van der Waals surface area contributed by atoms with E-state index in [1.807, 2.05) is 38.1 Å². The number of esters is 1. The molecule has 30 heavy (non-hydrogen) atoms. The van der Waals surface area contributed by atoms with E-state index in [1.165, 1.54) is 7.11 Å². The van der Waals surface area contributed by atoms with E-state index in [1.54, 1.807) is 19.9 Å². The van der Waals surface area contributed by atoms with Gasteiger partial charge in [0, 0.05) is 5.69 Å². The van der Waals surface area contributed by atoms with E-state index in [4.69, 9.17) is 14.4 Å². The van der Waals surface area contributed by atoms with Gasteiger partial charge in [0.15, 0.2) is 0 Å². The van der Waals surface area contributed by atoms with Crippen molar-refractivity contribution in [3.8, 4) is 0 Å². The van der Waals surface area contributed by atoms with Gasteiger partial charge in [0.05, 0.1) is 18.0 Å². The van der Waals surface area contributed by atoms with E-state index in [9.17, 15) is 4.79 Å². The second-order valence-corrected chi connectivity index (χ2v) is 6.62. The predicted octanol–water partition coefficient (Wildman–Crippen LogP) is 3.71. The van der Waals surface area contributed by atoms with E-state index in [0.717, 1.165) is 35.5 Å². The molecule has 160 valence electrons. The van der Waals surface area contributed by atoms with Crippen LogP contribution in [0.4, 0.5) is 0 Å². The van der Waals surface area contributed by atoms with Gasteiger partial charge >= 0.3 is 5.97 Å². The predicted molar refractivity (Wildman–Crippen MR) is 115 cm³/mol. The molecule has 0 radical (unpaired) electrons. The Morgan fingerprint density at radius 3 is 2.50 bits per heavy atom. The summed E-state index contributed by atoms with van der Waals surface area (Å²) in [7, 11) is 1.51. The zero-order chi connectivity index (χ0) is 21.9. The first kappa shape index (κ1) is 23.0. The first-order valence-electron chi connectivity index (χ1n) is 9.81. The second-order valence-electron chi connectivity index (χ2n) is 6.62. The van der Waals surface area contributed by atoms with E-state index >= 15 is 0 Å². The molecule has 0 saturated carbocycles.